The van der Waals surface area contributed by atoms with E-state index in [2.05, 4.69) is 0 Å². The molecule has 1 nitrogen and oxygen atoms in total. The first kappa shape index (κ1) is 17.1. The van der Waals surface area contributed by atoms with Crippen LogP contribution in [-0.4, -0.2) is 15.4 Å². The molecule has 0 radical (unpaired) electrons. The summed E-state index contributed by atoms with van der Waals surface area (Å²) in [7, 11) is -0.421. The maximum atomic E-state index is 13.5. The number of hydrogen-bond acceptors (Lipinski definition) is 1. The average Bonchev–Trinajstić information content (AvgIpc) is 2.38. The van der Waals surface area contributed by atoms with E-state index in [9.17, 15) is 22.0 Å². The highest BCUT2D eigenvalue weighted by atomic mass is 28.4. The topological polar surface area (TPSA) is 9.23 Å². The molecule has 7 heteroatoms. The minimum atomic E-state index is -2.12. The summed E-state index contributed by atoms with van der Waals surface area (Å²) >= 11 is 0. The molecule has 0 aliphatic heterocycles. The average molecular weight is 312 g/mol. The molecule has 0 amide bonds. The van der Waals surface area contributed by atoms with E-state index in [1.165, 1.54) is 0 Å². The smallest absolute Gasteiger partial charge is 0.200 e. The molecule has 0 bridgehead atoms. The van der Waals surface area contributed by atoms with E-state index in [0.29, 0.717) is 6.04 Å². The molecule has 0 aliphatic carbocycles. The van der Waals surface area contributed by atoms with Crippen molar-refractivity contribution in [2.45, 2.75) is 32.5 Å². The van der Waals surface area contributed by atoms with E-state index in [1.807, 2.05) is 13.1 Å². The Kier molecular flexibility index (Phi) is 5.31. The molecule has 0 N–H and O–H groups in total. The van der Waals surface area contributed by atoms with Gasteiger partial charge >= 0.3 is 0 Å². The zero-order valence-corrected chi connectivity index (χ0v) is 12.8. The molecule has 1 unspecified atom stereocenters. The predicted octanol–water partition coefficient (Wildman–Crippen LogP) is 4.41. The van der Waals surface area contributed by atoms with E-state index in [4.69, 9.17) is 4.43 Å². The first-order valence-electron chi connectivity index (χ1n) is 6.16. The number of rotatable bonds is 5. The predicted molar refractivity (Wildman–Crippen MR) is 68.4 cm³/mol. The Balaban J connectivity index is 3.05. The Labute approximate surface area is 115 Å². The lowest BCUT2D eigenvalue weighted by Gasteiger charge is -2.24. The van der Waals surface area contributed by atoms with Crippen LogP contribution in [-0.2, 0) is 10.8 Å². The molecule has 1 aromatic carbocycles. The van der Waals surface area contributed by atoms with Gasteiger partial charge in [0.15, 0.2) is 31.6 Å². The van der Waals surface area contributed by atoms with E-state index >= 15 is 0 Å². The van der Waals surface area contributed by atoms with Gasteiger partial charge in [-0.3, -0.25) is 0 Å². The van der Waals surface area contributed by atoms with Gasteiger partial charge in [-0.15, -0.1) is 0 Å². The van der Waals surface area contributed by atoms with Crippen LogP contribution in [0.4, 0.5) is 22.0 Å². The molecular weight excluding hydrogens is 295 g/mol. The Hall–Kier alpha value is -0.953. The zero-order valence-electron chi connectivity index (χ0n) is 11.8. The second-order valence-electron chi connectivity index (χ2n) is 5.53. The third-order valence-corrected chi connectivity index (χ3v) is 6.03. The van der Waals surface area contributed by atoms with Gasteiger partial charge in [-0.1, -0.05) is 6.92 Å². The van der Waals surface area contributed by atoms with Crippen molar-refractivity contribution >= 4 is 8.32 Å². The van der Waals surface area contributed by atoms with Gasteiger partial charge in [-0.25, -0.2) is 22.0 Å². The van der Waals surface area contributed by atoms with Crippen LogP contribution in [0, 0.1) is 35.0 Å². The highest BCUT2D eigenvalue weighted by molar-refractivity contribution is 6.71. The second kappa shape index (κ2) is 6.22. The van der Waals surface area contributed by atoms with Crippen molar-refractivity contribution in [2.75, 3.05) is 7.11 Å². The SMILES string of the molecule is CO[Si](C)(C)CC(C)Cc1c(F)c(F)c(F)c(F)c1F. The van der Waals surface area contributed by atoms with Crippen molar-refractivity contribution in [2.24, 2.45) is 5.92 Å². The summed E-state index contributed by atoms with van der Waals surface area (Å²) in [6.45, 7) is 5.54. The first-order valence-corrected chi connectivity index (χ1v) is 9.27. The van der Waals surface area contributed by atoms with Crippen LogP contribution in [0.2, 0.25) is 19.1 Å². The van der Waals surface area contributed by atoms with Crippen LogP contribution in [0.3, 0.4) is 0 Å². The van der Waals surface area contributed by atoms with Crippen LogP contribution < -0.4 is 0 Å². The Bertz CT molecular complexity index is 475. The zero-order chi connectivity index (χ0) is 15.7. The number of hydrogen-bond donors (Lipinski definition) is 0. The van der Waals surface area contributed by atoms with Gasteiger partial charge in [0.05, 0.1) is 0 Å². The molecule has 1 rings (SSSR count). The summed E-state index contributed by atoms with van der Waals surface area (Å²) < 4.78 is 71.5. The summed E-state index contributed by atoms with van der Waals surface area (Å²) in [4.78, 5) is 0. The van der Waals surface area contributed by atoms with Gasteiger partial charge < -0.3 is 4.43 Å². The minimum absolute atomic E-state index is 0.217. The van der Waals surface area contributed by atoms with Gasteiger partial charge in [0, 0.05) is 12.7 Å². The Morgan fingerprint density at radius 1 is 0.900 bits per heavy atom. The summed E-state index contributed by atoms with van der Waals surface area (Å²) in [6.07, 6.45) is -0.217. The number of benzene rings is 1. The third kappa shape index (κ3) is 3.57. The molecule has 1 atom stereocenters. The standard InChI is InChI=1S/C13H17F5OSi/c1-7(6-20(3,4)19-2)5-8-9(14)11(16)13(18)12(17)10(8)15/h7H,5-6H2,1-4H3. The molecule has 1 aromatic rings. The van der Waals surface area contributed by atoms with Crippen LogP contribution in [0.25, 0.3) is 0 Å². The third-order valence-electron chi connectivity index (χ3n) is 3.25. The van der Waals surface area contributed by atoms with Crippen molar-refractivity contribution in [3.8, 4) is 0 Å². The van der Waals surface area contributed by atoms with E-state index in [1.54, 1.807) is 14.0 Å². The van der Waals surface area contributed by atoms with Crippen LogP contribution in [0.1, 0.15) is 12.5 Å². The summed E-state index contributed by atoms with van der Waals surface area (Å²) in [6, 6.07) is 0.559. The van der Waals surface area contributed by atoms with E-state index in [-0.39, 0.29) is 12.3 Å². The molecule has 0 saturated carbocycles. The van der Waals surface area contributed by atoms with Gasteiger partial charge in [0.1, 0.15) is 0 Å². The maximum absolute atomic E-state index is 13.5. The quantitative estimate of drug-likeness (QED) is 0.339. The highest BCUT2D eigenvalue weighted by Crippen LogP contribution is 2.27. The van der Waals surface area contributed by atoms with Gasteiger partial charge in [0.25, 0.3) is 0 Å². The molecule has 0 spiro atoms. The van der Waals surface area contributed by atoms with Crippen LogP contribution in [0.15, 0.2) is 0 Å². The molecular formula is C13H17F5OSi. The molecule has 0 heterocycles. The van der Waals surface area contributed by atoms with Gasteiger partial charge in [0.2, 0.25) is 5.82 Å². The lowest BCUT2D eigenvalue weighted by molar-refractivity contribution is 0.362. The van der Waals surface area contributed by atoms with Crippen LogP contribution in [0.5, 0.6) is 0 Å². The van der Waals surface area contributed by atoms with Gasteiger partial charge in [-0.05, 0) is 31.5 Å². The fraction of sp³-hybridized carbons (Fsp3) is 0.538. The fourth-order valence-electron chi connectivity index (χ4n) is 2.17. The normalized spacial score (nSPS) is 13.7. The van der Waals surface area contributed by atoms with Crippen molar-refractivity contribution < 1.29 is 26.4 Å². The Morgan fingerprint density at radius 3 is 1.70 bits per heavy atom. The first-order chi connectivity index (χ1) is 9.10. The molecule has 20 heavy (non-hydrogen) atoms. The maximum Gasteiger partial charge on any atom is 0.200 e. The fourth-order valence-corrected chi connectivity index (χ4v) is 4.16. The van der Waals surface area contributed by atoms with Crippen LogP contribution >= 0.6 is 0 Å². The summed E-state index contributed by atoms with van der Waals surface area (Å²) in [5.41, 5.74) is -0.755. The lowest BCUT2D eigenvalue weighted by Crippen LogP contribution is -2.31. The van der Waals surface area contributed by atoms with Crippen molar-refractivity contribution in [3.05, 3.63) is 34.6 Å². The molecule has 0 aliphatic rings. The van der Waals surface area contributed by atoms with Gasteiger partial charge in [-0.2, -0.15) is 0 Å². The van der Waals surface area contributed by atoms with E-state index < -0.39 is 43.0 Å². The van der Waals surface area contributed by atoms with E-state index in [0.717, 1.165) is 0 Å². The highest BCUT2D eigenvalue weighted by Gasteiger charge is 2.29. The Morgan fingerprint density at radius 2 is 1.30 bits per heavy atom. The number of halogens is 5. The summed E-state index contributed by atoms with van der Waals surface area (Å²) in [5.74, 6) is -9.65. The second-order valence-corrected chi connectivity index (χ2v) is 9.86. The monoisotopic (exact) mass is 312 g/mol. The van der Waals surface area contributed by atoms with Crippen molar-refractivity contribution in [1.29, 1.82) is 0 Å². The van der Waals surface area contributed by atoms with Crippen molar-refractivity contribution in [1.82, 2.24) is 0 Å². The molecule has 114 valence electrons. The summed E-state index contributed by atoms with van der Waals surface area (Å²) in [5, 5.41) is 0. The molecule has 0 aromatic heterocycles. The van der Waals surface area contributed by atoms with Crippen molar-refractivity contribution in [3.63, 3.8) is 0 Å². The minimum Gasteiger partial charge on any atom is -0.420 e. The lowest BCUT2D eigenvalue weighted by atomic mass is 10.0. The molecule has 0 saturated heterocycles. The largest absolute Gasteiger partial charge is 0.420 e. The molecule has 0 fully saturated rings.